The number of rotatable bonds is 4. The summed E-state index contributed by atoms with van der Waals surface area (Å²) in [5, 5.41) is 2.41. The Bertz CT molecular complexity index is 500. The van der Waals surface area contributed by atoms with Crippen LogP contribution in [-0.2, 0) is 9.53 Å². The molecule has 0 aromatic heterocycles. The van der Waals surface area contributed by atoms with Crippen molar-refractivity contribution in [3.63, 3.8) is 0 Å². The number of hydrogen-bond acceptors (Lipinski definition) is 3. The zero-order chi connectivity index (χ0) is 13.5. The predicted molar refractivity (Wildman–Crippen MR) is 68.0 cm³/mol. The summed E-state index contributed by atoms with van der Waals surface area (Å²) in [4.78, 5) is 22.9. The van der Waals surface area contributed by atoms with Crippen molar-refractivity contribution >= 4 is 11.9 Å². The van der Waals surface area contributed by atoms with E-state index in [1.54, 1.807) is 6.07 Å². The summed E-state index contributed by atoms with van der Waals surface area (Å²) < 4.78 is 4.89. The molecule has 1 amide bonds. The minimum absolute atomic E-state index is 0.125. The van der Waals surface area contributed by atoms with Crippen molar-refractivity contribution in [2.45, 2.75) is 13.8 Å². The van der Waals surface area contributed by atoms with Gasteiger partial charge >= 0.3 is 5.97 Å². The van der Waals surface area contributed by atoms with E-state index in [9.17, 15) is 9.59 Å². The molecule has 94 valence electrons. The van der Waals surface area contributed by atoms with Crippen LogP contribution in [0, 0.1) is 26.2 Å². The summed E-state index contributed by atoms with van der Waals surface area (Å²) in [6.45, 7) is 3.56. The Hall–Kier alpha value is -2.28. The van der Waals surface area contributed by atoms with E-state index in [4.69, 9.17) is 11.2 Å². The van der Waals surface area contributed by atoms with Gasteiger partial charge in [-0.15, -0.1) is 6.42 Å². The van der Waals surface area contributed by atoms with Gasteiger partial charge in [-0.25, -0.2) is 4.79 Å². The fraction of sp³-hybridized carbons (Fsp3) is 0.286. The average molecular weight is 245 g/mol. The van der Waals surface area contributed by atoms with Gasteiger partial charge in [0.25, 0.3) is 5.91 Å². The van der Waals surface area contributed by atoms with Crippen molar-refractivity contribution in [2.75, 3.05) is 13.2 Å². The summed E-state index contributed by atoms with van der Waals surface area (Å²) in [5.74, 6) is 1.34. The summed E-state index contributed by atoms with van der Waals surface area (Å²) in [5.41, 5.74) is 2.35. The van der Waals surface area contributed by atoms with E-state index in [0.717, 1.165) is 11.1 Å². The van der Waals surface area contributed by atoms with Gasteiger partial charge in [-0.2, -0.15) is 0 Å². The third kappa shape index (κ3) is 3.95. The second-order valence-corrected chi connectivity index (χ2v) is 3.88. The van der Waals surface area contributed by atoms with Crippen LogP contribution in [0.2, 0.25) is 0 Å². The lowest BCUT2D eigenvalue weighted by atomic mass is 10.1. The fourth-order valence-corrected chi connectivity index (χ4v) is 1.45. The van der Waals surface area contributed by atoms with Crippen LogP contribution in [0.5, 0.6) is 0 Å². The van der Waals surface area contributed by atoms with Gasteiger partial charge in [-0.1, -0.05) is 23.6 Å². The van der Waals surface area contributed by atoms with Crippen LogP contribution in [0.1, 0.15) is 21.5 Å². The van der Waals surface area contributed by atoms with Gasteiger partial charge in [0.05, 0.1) is 12.1 Å². The molecule has 0 atom stereocenters. The number of nitrogens with one attached hydrogen (secondary N) is 1. The summed E-state index contributed by atoms with van der Waals surface area (Å²) in [6.07, 6.45) is 4.99. The topological polar surface area (TPSA) is 55.4 Å². The van der Waals surface area contributed by atoms with Crippen LogP contribution >= 0.6 is 0 Å². The molecule has 1 N–H and O–H groups in total. The monoisotopic (exact) mass is 245 g/mol. The molecule has 0 fully saturated rings. The lowest BCUT2D eigenvalue weighted by Crippen LogP contribution is -2.29. The number of hydrogen-bond donors (Lipinski definition) is 1. The standard InChI is InChI=1S/C14H15NO3/c1-4-7-15-13(16)9-18-14(17)12-6-5-10(2)8-11(12)3/h1,5-6,8H,7,9H2,2-3H3,(H,15,16). The van der Waals surface area contributed by atoms with Crippen LogP contribution in [0.25, 0.3) is 0 Å². The number of terminal acetylenes is 1. The summed E-state index contributed by atoms with van der Waals surface area (Å²) in [6, 6.07) is 5.39. The smallest absolute Gasteiger partial charge is 0.338 e. The second kappa shape index (κ2) is 6.45. The number of esters is 1. The molecule has 1 aromatic rings. The number of amides is 1. The molecule has 1 rings (SSSR count). The normalized spacial score (nSPS) is 9.39. The van der Waals surface area contributed by atoms with Crippen molar-refractivity contribution in [1.29, 1.82) is 0 Å². The van der Waals surface area contributed by atoms with Gasteiger partial charge in [0, 0.05) is 0 Å². The Morgan fingerprint density at radius 2 is 2.11 bits per heavy atom. The Morgan fingerprint density at radius 1 is 1.39 bits per heavy atom. The van der Waals surface area contributed by atoms with Crippen LogP contribution in [0.3, 0.4) is 0 Å². The number of aryl methyl sites for hydroxylation is 2. The largest absolute Gasteiger partial charge is 0.452 e. The highest BCUT2D eigenvalue weighted by molar-refractivity contribution is 5.92. The zero-order valence-corrected chi connectivity index (χ0v) is 10.4. The Balaban J connectivity index is 2.56. The Morgan fingerprint density at radius 3 is 2.72 bits per heavy atom. The molecular weight excluding hydrogens is 230 g/mol. The first-order valence-electron chi connectivity index (χ1n) is 5.49. The van der Waals surface area contributed by atoms with E-state index in [2.05, 4.69) is 11.2 Å². The Labute approximate surface area is 106 Å². The van der Waals surface area contributed by atoms with E-state index in [1.807, 2.05) is 26.0 Å². The highest BCUT2D eigenvalue weighted by atomic mass is 16.5. The van der Waals surface area contributed by atoms with E-state index < -0.39 is 11.9 Å². The van der Waals surface area contributed by atoms with Crippen LogP contribution in [0.15, 0.2) is 18.2 Å². The third-order valence-corrected chi connectivity index (χ3v) is 2.32. The highest BCUT2D eigenvalue weighted by Crippen LogP contribution is 2.11. The fourth-order valence-electron chi connectivity index (χ4n) is 1.45. The predicted octanol–water partition coefficient (Wildman–Crippen LogP) is 1.21. The van der Waals surface area contributed by atoms with Gasteiger partial charge in [-0.3, -0.25) is 4.79 Å². The van der Waals surface area contributed by atoms with E-state index in [-0.39, 0.29) is 13.2 Å². The Kier molecular flexibility index (Phi) is 4.94. The van der Waals surface area contributed by atoms with Gasteiger partial charge in [0.15, 0.2) is 6.61 Å². The first-order valence-corrected chi connectivity index (χ1v) is 5.49. The number of ether oxygens (including phenoxy) is 1. The molecule has 0 unspecified atom stereocenters. The minimum atomic E-state index is -0.511. The van der Waals surface area contributed by atoms with Crippen LogP contribution in [-0.4, -0.2) is 25.0 Å². The van der Waals surface area contributed by atoms with E-state index >= 15 is 0 Å². The average Bonchev–Trinajstić information content (AvgIpc) is 2.33. The molecule has 0 aliphatic carbocycles. The third-order valence-electron chi connectivity index (χ3n) is 2.32. The molecule has 0 aliphatic rings. The van der Waals surface area contributed by atoms with Crippen molar-refractivity contribution < 1.29 is 14.3 Å². The number of carbonyl (C=O) groups excluding carboxylic acids is 2. The summed E-state index contributed by atoms with van der Waals surface area (Å²) in [7, 11) is 0. The molecule has 0 saturated carbocycles. The molecule has 0 bridgehead atoms. The second-order valence-electron chi connectivity index (χ2n) is 3.88. The lowest BCUT2D eigenvalue weighted by Gasteiger charge is -2.07. The van der Waals surface area contributed by atoms with Crippen LogP contribution in [0.4, 0.5) is 0 Å². The van der Waals surface area contributed by atoms with E-state index in [0.29, 0.717) is 5.56 Å². The van der Waals surface area contributed by atoms with Crippen molar-refractivity contribution in [3.8, 4) is 12.3 Å². The van der Waals surface area contributed by atoms with Gasteiger partial charge in [0.1, 0.15) is 0 Å². The number of carbonyl (C=O) groups is 2. The molecule has 0 aliphatic heterocycles. The maximum Gasteiger partial charge on any atom is 0.338 e. The maximum absolute atomic E-state index is 11.7. The maximum atomic E-state index is 11.7. The van der Waals surface area contributed by atoms with Crippen molar-refractivity contribution in [1.82, 2.24) is 5.32 Å². The lowest BCUT2D eigenvalue weighted by molar-refractivity contribution is -0.123. The first-order chi connectivity index (χ1) is 8.54. The van der Waals surface area contributed by atoms with Gasteiger partial charge < -0.3 is 10.1 Å². The van der Waals surface area contributed by atoms with Crippen molar-refractivity contribution in [3.05, 3.63) is 34.9 Å². The molecule has 0 saturated heterocycles. The minimum Gasteiger partial charge on any atom is -0.452 e. The number of benzene rings is 1. The first kappa shape index (κ1) is 13.8. The molecule has 4 heteroatoms. The molecule has 18 heavy (non-hydrogen) atoms. The molecule has 0 spiro atoms. The zero-order valence-electron chi connectivity index (χ0n) is 10.4. The SMILES string of the molecule is C#CCNC(=O)COC(=O)c1ccc(C)cc1C. The quantitative estimate of drug-likeness (QED) is 0.640. The van der Waals surface area contributed by atoms with Gasteiger partial charge in [-0.05, 0) is 25.5 Å². The molecule has 4 nitrogen and oxygen atoms in total. The van der Waals surface area contributed by atoms with Crippen molar-refractivity contribution in [2.24, 2.45) is 0 Å². The molecule has 0 heterocycles. The van der Waals surface area contributed by atoms with E-state index in [1.165, 1.54) is 0 Å². The van der Waals surface area contributed by atoms with Crippen LogP contribution < -0.4 is 5.32 Å². The molecular formula is C14H15NO3. The summed E-state index contributed by atoms with van der Waals surface area (Å²) >= 11 is 0. The van der Waals surface area contributed by atoms with Gasteiger partial charge in [0.2, 0.25) is 0 Å². The molecule has 0 radical (unpaired) electrons. The molecule has 1 aromatic carbocycles. The highest BCUT2D eigenvalue weighted by Gasteiger charge is 2.12.